The molecule has 2 N–H and O–H groups in total. The van der Waals surface area contributed by atoms with Crippen LogP contribution in [0.4, 0.5) is 0 Å². The Morgan fingerprint density at radius 3 is 2.16 bits per heavy atom. The number of methoxy groups -OCH3 is 1. The van der Waals surface area contributed by atoms with E-state index in [0.29, 0.717) is 12.8 Å². The quantitative estimate of drug-likeness (QED) is 0.798. The summed E-state index contributed by atoms with van der Waals surface area (Å²) < 4.78 is 5.42. The Morgan fingerprint density at radius 2 is 1.74 bits per heavy atom. The van der Waals surface area contributed by atoms with Gasteiger partial charge < -0.3 is 15.2 Å². The van der Waals surface area contributed by atoms with Crippen LogP contribution in [0, 0.1) is 0 Å². The van der Waals surface area contributed by atoms with Crippen LogP contribution in [0.25, 0.3) is 0 Å². The Morgan fingerprint density at radius 1 is 1.11 bits per heavy atom. The maximum Gasteiger partial charge on any atom is 0.329 e. The third-order valence-electron chi connectivity index (χ3n) is 4.68. The van der Waals surface area contributed by atoms with Gasteiger partial charge in [-0.05, 0) is 32.1 Å². The molecule has 5 nitrogen and oxygen atoms in total. The molecule has 0 unspecified atom stereocenters. The standard InChI is InChI=1S/C14H23NO4/c1-19-13(6-5-7-13)10-11(16)15-14(12(17)18)8-3-2-4-9-14/h2-10H2,1H3,(H,15,16)(H,17,18). The number of nitrogens with one attached hydrogen (secondary N) is 1. The first-order chi connectivity index (χ1) is 9.02. The number of amides is 1. The van der Waals surface area contributed by atoms with Crippen LogP contribution in [0.3, 0.4) is 0 Å². The SMILES string of the molecule is COC1(CC(=O)NC2(C(=O)O)CCCCC2)CCC1. The molecule has 0 aromatic carbocycles. The summed E-state index contributed by atoms with van der Waals surface area (Å²) in [6, 6.07) is 0. The average Bonchev–Trinajstić information content (AvgIpc) is 2.35. The molecule has 0 atom stereocenters. The summed E-state index contributed by atoms with van der Waals surface area (Å²) in [5.74, 6) is -1.09. The van der Waals surface area contributed by atoms with E-state index in [1.54, 1.807) is 7.11 Å². The highest BCUT2D eigenvalue weighted by Crippen LogP contribution is 2.38. The van der Waals surface area contributed by atoms with E-state index in [0.717, 1.165) is 38.5 Å². The zero-order valence-electron chi connectivity index (χ0n) is 11.5. The summed E-state index contributed by atoms with van der Waals surface area (Å²) in [4.78, 5) is 23.6. The highest BCUT2D eigenvalue weighted by atomic mass is 16.5. The average molecular weight is 269 g/mol. The van der Waals surface area contributed by atoms with Gasteiger partial charge >= 0.3 is 5.97 Å². The fourth-order valence-electron chi connectivity index (χ4n) is 3.18. The largest absolute Gasteiger partial charge is 0.480 e. The number of carbonyl (C=O) groups excluding carboxylic acids is 1. The van der Waals surface area contributed by atoms with Gasteiger partial charge in [-0.15, -0.1) is 0 Å². The molecular formula is C14H23NO4. The minimum Gasteiger partial charge on any atom is -0.480 e. The van der Waals surface area contributed by atoms with Crippen molar-refractivity contribution in [2.75, 3.05) is 7.11 Å². The normalized spacial score (nSPS) is 24.3. The minimum absolute atomic E-state index is 0.189. The molecule has 2 rings (SSSR count). The van der Waals surface area contributed by atoms with Crippen molar-refractivity contribution < 1.29 is 19.4 Å². The van der Waals surface area contributed by atoms with Gasteiger partial charge in [0.1, 0.15) is 5.54 Å². The second kappa shape index (κ2) is 5.49. The Hall–Kier alpha value is -1.10. The van der Waals surface area contributed by atoms with Gasteiger partial charge in [-0.3, -0.25) is 4.79 Å². The van der Waals surface area contributed by atoms with Crippen LogP contribution in [0.5, 0.6) is 0 Å². The molecule has 0 bridgehead atoms. The van der Waals surface area contributed by atoms with E-state index >= 15 is 0 Å². The molecule has 2 aliphatic carbocycles. The van der Waals surface area contributed by atoms with Crippen LogP contribution < -0.4 is 5.32 Å². The molecule has 2 fully saturated rings. The monoisotopic (exact) mass is 269 g/mol. The Balaban J connectivity index is 1.97. The zero-order valence-corrected chi connectivity index (χ0v) is 11.5. The summed E-state index contributed by atoms with van der Waals surface area (Å²) in [6.45, 7) is 0. The van der Waals surface area contributed by atoms with E-state index in [4.69, 9.17) is 4.74 Å². The second-order valence-electron chi connectivity index (χ2n) is 5.91. The van der Waals surface area contributed by atoms with Crippen molar-refractivity contribution in [3.63, 3.8) is 0 Å². The van der Waals surface area contributed by atoms with E-state index in [-0.39, 0.29) is 17.9 Å². The van der Waals surface area contributed by atoms with Crippen molar-refractivity contribution in [3.8, 4) is 0 Å². The van der Waals surface area contributed by atoms with Gasteiger partial charge in [0.05, 0.1) is 12.0 Å². The molecule has 19 heavy (non-hydrogen) atoms. The molecule has 0 spiro atoms. The summed E-state index contributed by atoms with van der Waals surface area (Å²) in [6.07, 6.45) is 6.97. The van der Waals surface area contributed by atoms with E-state index in [1.165, 1.54) is 0 Å². The number of carbonyl (C=O) groups is 2. The van der Waals surface area contributed by atoms with Crippen LogP contribution >= 0.6 is 0 Å². The third-order valence-corrected chi connectivity index (χ3v) is 4.68. The van der Waals surface area contributed by atoms with E-state index < -0.39 is 11.5 Å². The first-order valence-corrected chi connectivity index (χ1v) is 7.12. The van der Waals surface area contributed by atoms with Gasteiger partial charge in [0, 0.05) is 7.11 Å². The lowest BCUT2D eigenvalue weighted by Crippen LogP contribution is -2.57. The smallest absolute Gasteiger partial charge is 0.329 e. The number of carboxylic acid groups (broad SMARTS) is 1. The molecule has 0 saturated heterocycles. The summed E-state index contributed by atoms with van der Waals surface area (Å²) in [5.41, 5.74) is -1.40. The number of ether oxygens (including phenoxy) is 1. The van der Waals surface area contributed by atoms with Crippen LogP contribution in [-0.2, 0) is 14.3 Å². The number of rotatable bonds is 5. The van der Waals surface area contributed by atoms with Gasteiger partial charge in [0.2, 0.25) is 5.91 Å². The summed E-state index contributed by atoms with van der Waals surface area (Å²) >= 11 is 0. The Bertz CT molecular complexity index is 351. The predicted octanol–water partition coefficient (Wildman–Crippen LogP) is 1.85. The summed E-state index contributed by atoms with van der Waals surface area (Å²) in [5, 5.41) is 12.2. The van der Waals surface area contributed by atoms with Gasteiger partial charge in [0.15, 0.2) is 0 Å². The maximum atomic E-state index is 12.1. The lowest BCUT2D eigenvalue weighted by atomic mass is 9.76. The van der Waals surface area contributed by atoms with Crippen molar-refractivity contribution in [2.45, 2.75) is 68.9 Å². The highest BCUT2D eigenvalue weighted by Gasteiger charge is 2.44. The van der Waals surface area contributed by atoms with Crippen LogP contribution in [0.2, 0.25) is 0 Å². The minimum atomic E-state index is -1.05. The second-order valence-corrected chi connectivity index (χ2v) is 5.91. The van der Waals surface area contributed by atoms with Crippen LogP contribution in [0.15, 0.2) is 0 Å². The molecule has 0 aromatic rings. The molecule has 2 saturated carbocycles. The van der Waals surface area contributed by atoms with Crippen molar-refractivity contribution in [1.82, 2.24) is 5.32 Å². The third kappa shape index (κ3) is 2.91. The number of carboxylic acids is 1. The fourth-order valence-corrected chi connectivity index (χ4v) is 3.18. The van der Waals surface area contributed by atoms with Gasteiger partial charge in [-0.25, -0.2) is 4.79 Å². The summed E-state index contributed by atoms with van der Waals surface area (Å²) in [7, 11) is 1.63. The van der Waals surface area contributed by atoms with Gasteiger partial charge in [-0.1, -0.05) is 19.3 Å². The molecular weight excluding hydrogens is 246 g/mol. The maximum absolute atomic E-state index is 12.1. The van der Waals surface area contributed by atoms with Crippen LogP contribution in [0.1, 0.15) is 57.8 Å². The van der Waals surface area contributed by atoms with Crippen LogP contribution in [-0.4, -0.2) is 35.2 Å². The molecule has 108 valence electrons. The van der Waals surface area contributed by atoms with Crippen molar-refractivity contribution in [1.29, 1.82) is 0 Å². The topological polar surface area (TPSA) is 75.6 Å². The molecule has 2 aliphatic rings. The Kier molecular flexibility index (Phi) is 4.13. The molecule has 0 heterocycles. The van der Waals surface area contributed by atoms with Gasteiger partial charge in [0.25, 0.3) is 0 Å². The number of hydrogen-bond donors (Lipinski definition) is 2. The predicted molar refractivity (Wildman–Crippen MR) is 69.8 cm³/mol. The number of aliphatic carboxylic acids is 1. The van der Waals surface area contributed by atoms with Crippen molar-refractivity contribution in [3.05, 3.63) is 0 Å². The molecule has 1 amide bonds. The Labute approximate surface area is 113 Å². The fraction of sp³-hybridized carbons (Fsp3) is 0.857. The van der Waals surface area contributed by atoms with Crippen molar-refractivity contribution >= 4 is 11.9 Å². The zero-order chi connectivity index (χ0) is 13.9. The molecule has 0 radical (unpaired) electrons. The van der Waals surface area contributed by atoms with Gasteiger partial charge in [-0.2, -0.15) is 0 Å². The first-order valence-electron chi connectivity index (χ1n) is 7.12. The highest BCUT2D eigenvalue weighted by molar-refractivity contribution is 5.87. The van der Waals surface area contributed by atoms with E-state index in [2.05, 4.69) is 5.32 Å². The molecule has 5 heteroatoms. The molecule has 0 aliphatic heterocycles. The first kappa shape index (κ1) is 14.3. The number of hydrogen-bond acceptors (Lipinski definition) is 3. The lowest BCUT2D eigenvalue weighted by molar-refractivity contribution is -0.151. The van der Waals surface area contributed by atoms with Crippen molar-refractivity contribution in [2.24, 2.45) is 0 Å². The van der Waals surface area contributed by atoms with E-state index in [9.17, 15) is 14.7 Å². The molecule has 0 aromatic heterocycles. The lowest BCUT2D eigenvalue weighted by Gasteiger charge is -2.41. The van der Waals surface area contributed by atoms with E-state index in [1.807, 2.05) is 0 Å².